The third-order valence-corrected chi connectivity index (χ3v) is 3.37. The van der Waals surface area contributed by atoms with Crippen LogP contribution in [0.5, 0.6) is 5.75 Å². The number of hydrogen-bond donors (Lipinski definition) is 1. The minimum atomic E-state index is -0.391. The van der Waals surface area contributed by atoms with Gasteiger partial charge in [-0.05, 0) is 42.8 Å². The highest BCUT2D eigenvalue weighted by atomic mass is 35.5. The summed E-state index contributed by atoms with van der Waals surface area (Å²) in [6.07, 6.45) is 0.819. The molecule has 116 valence electrons. The lowest BCUT2D eigenvalue weighted by Crippen LogP contribution is -2.12. The predicted octanol–water partition coefficient (Wildman–Crippen LogP) is 5.17. The molecule has 0 fully saturated rings. The van der Waals surface area contributed by atoms with Gasteiger partial charge in [0.25, 0.3) is 5.91 Å². The van der Waals surface area contributed by atoms with Gasteiger partial charge < -0.3 is 10.1 Å². The van der Waals surface area contributed by atoms with E-state index in [9.17, 15) is 9.18 Å². The Bertz CT molecular complexity index is 651. The van der Waals surface area contributed by atoms with Crippen molar-refractivity contribution < 1.29 is 13.9 Å². The first-order valence-electron chi connectivity index (χ1n) is 6.70. The van der Waals surface area contributed by atoms with Crippen LogP contribution in [0.25, 0.3) is 0 Å². The molecule has 1 amide bonds. The number of benzene rings is 2. The molecule has 0 aliphatic carbocycles. The molecule has 2 aromatic carbocycles. The Hall–Kier alpha value is -1.78. The van der Waals surface area contributed by atoms with Gasteiger partial charge in [0.15, 0.2) is 5.75 Å². The molecule has 1 N–H and O–H groups in total. The highest BCUT2D eigenvalue weighted by Crippen LogP contribution is 2.34. The van der Waals surface area contributed by atoms with E-state index in [2.05, 4.69) is 5.32 Å². The zero-order valence-electron chi connectivity index (χ0n) is 11.8. The molecule has 0 saturated carbocycles. The van der Waals surface area contributed by atoms with Gasteiger partial charge in [-0.25, -0.2) is 4.39 Å². The number of carbonyl (C=O) groups is 1. The number of rotatable bonds is 5. The largest absolute Gasteiger partial charge is 0.490 e. The third-order valence-electron chi connectivity index (χ3n) is 2.81. The number of carbonyl (C=O) groups excluding carboxylic acids is 1. The van der Waals surface area contributed by atoms with Crippen LogP contribution in [0.15, 0.2) is 36.4 Å². The van der Waals surface area contributed by atoms with Crippen molar-refractivity contribution >= 4 is 34.8 Å². The summed E-state index contributed by atoms with van der Waals surface area (Å²) in [5, 5.41) is 3.18. The lowest BCUT2D eigenvalue weighted by molar-refractivity contribution is 0.102. The van der Waals surface area contributed by atoms with Crippen LogP contribution in [-0.2, 0) is 0 Å². The average Bonchev–Trinajstić information content (AvgIpc) is 2.48. The minimum Gasteiger partial charge on any atom is -0.490 e. The van der Waals surface area contributed by atoms with Gasteiger partial charge >= 0.3 is 0 Å². The number of halogens is 3. The van der Waals surface area contributed by atoms with Crippen LogP contribution >= 0.6 is 23.2 Å². The lowest BCUT2D eigenvalue weighted by Gasteiger charge is -2.11. The van der Waals surface area contributed by atoms with Crippen LogP contribution in [0.2, 0.25) is 10.0 Å². The van der Waals surface area contributed by atoms with Gasteiger partial charge in [0.2, 0.25) is 0 Å². The summed E-state index contributed by atoms with van der Waals surface area (Å²) < 4.78 is 18.3. The number of ether oxygens (including phenoxy) is 1. The van der Waals surface area contributed by atoms with E-state index in [0.29, 0.717) is 23.6 Å². The van der Waals surface area contributed by atoms with Crippen LogP contribution in [0, 0.1) is 5.82 Å². The molecular weight excluding hydrogens is 328 g/mol. The standard InChI is InChI=1S/C16H14Cl2FNO2/c1-2-7-22-15-13(17)8-10(9-14(15)18)16(21)20-12-5-3-11(19)4-6-12/h3-6,8-9H,2,7H2,1H3,(H,20,21). The van der Waals surface area contributed by atoms with Crippen molar-refractivity contribution in [2.45, 2.75) is 13.3 Å². The molecule has 0 atom stereocenters. The molecule has 0 saturated heterocycles. The maximum atomic E-state index is 12.8. The summed E-state index contributed by atoms with van der Waals surface area (Å²) in [6.45, 7) is 2.45. The molecule has 3 nitrogen and oxygen atoms in total. The van der Waals surface area contributed by atoms with Crippen molar-refractivity contribution in [3.8, 4) is 5.75 Å². The first-order valence-corrected chi connectivity index (χ1v) is 7.45. The summed E-state index contributed by atoms with van der Waals surface area (Å²) in [6, 6.07) is 8.42. The van der Waals surface area contributed by atoms with Gasteiger partial charge in [-0.1, -0.05) is 30.1 Å². The molecule has 0 unspecified atom stereocenters. The van der Waals surface area contributed by atoms with Crippen LogP contribution in [0.1, 0.15) is 23.7 Å². The van der Waals surface area contributed by atoms with Crippen molar-refractivity contribution in [1.82, 2.24) is 0 Å². The maximum Gasteiger partial charge on any atom is 0.255 e. The van der Waals surface area contributed by atoms with E-state index < -0.39 is 5.91 Å². The van der Waals surface area contributed by atoms with E-state index in [4.69, 9.17) is 27.9 Å². The van der Waals surface area contributed by atoms with Crippen molar-refractivity contribution in [2.24, 2.45) is 0 Å². The van der Waals surface area contributed by atoms with Gasteiger partial charge in [0.1, 0.15) is 5.82 Å². The number of anilines is 1. The van der Waals surface area contributed by atoms with E-state index in [1.165, 1.54) is 36.4 Å². The molecule has 2 aromatic rings. The number of amides is 1. The quantitative estimate of drug-likeness (QED) is 0.814. The molecule has 0 spiro atoms. The molecular formula is C16H14Cl2FNO2. The Morgan fingerprint density at radius 3 is 2.32 bits per heavy atom. The second kappa shape index (κ2) is 7.47. The zero-order valence-corrected chi connectivity index (χ0v) is 13.3. The van der Waals surface area contributed by atoms with Crippen LogP contribution in [0.3, 0.4) is 0 Å². The molecule has 0 aromatic heterocycles. The maximum absolute atomic E-state index is 12.8. The highest BCUT2D eigenvalue weighted by Gasteiger charge is 2.14. The summed E-state index contributed by atoms with van der Waals surface area (Å²) in [5.74, 6) is -0.400. The smallest absolute Gasteiger partial charge is 0.255 e. The van der Waals surface area contributed by atoms with Crippen molar-refractivity contribution in [3.63, 3.8) is 0 Å². The topological polar surface area (TPSA) is 38.3 Å². The highest BCUT2D eigenvalue weighted by molar-refractivity contribution is 6.37. The van der Waals surface area contributed by atoms with E-state index in [0.717, 1.165) is 6.42 Å². The first-order chi connectivity index (χ1) is 10.5. The molecule has 0 radical (unpaired) electrons. The summed E-state index contributed by atoms with van der Waals surface area (Å²) in [4.78, 5) is 12.2. The van der Waals surface area contributed by atoms with Gasteiger partial charge in [-0.3, -0.25) is 4.79 Å². The fourth-order valence-electron chi connectivity index (χ4n) is 1.77. The molecule has 2 rings (SSSR count). The van der Waals surface area contributed by atoms with Gasteiger partial charge in [0.05, 0.1) is 16.7 Å². The first kappa shape index (κ1) is 16.6. The normalized spacial score (nSPS) is 10.4. The second-order valence-corrected chi connectivity index (χ2v) is 5.39. The van der Waals surface area contributed by atoms with Crippen molar-refractivity contribution in [2.75, 3.05) is 11.9 Å². The fraction of sp³-hybridized carbons (Fsp3) is 0.188. The molecule has 0 aliphatic rings. The molecule has 0 aliphatic heterocycles. The number of nitrogens with one attached hydrogen (secondary N) is 1. The summed E-state index contributed by atoms with van der Waals surface area (Å²) >= 11 is 12.2. The Morgan fingerprint density at radius 2 is 1.77 bits per heavy atom. The summed E-state index contributed by atoms with van der Waals surface area (Å²) in [5.41, 5.74) is 0.771. The van der Waals surface area contributed by atoms with Crippen molar-refractivity contribution in [1.29, 1.82) is 0 Å². The molecule has 0 bridgehead atoms. The van der Waals surface area contributed by atoms with E-state index in [-0.39, 0.29) is 15.9 Å². The SMILES string of the molecule is CCCOc1c(Cl)cc(C(=O)Nc2ccc(F)cc2)cc1Cl. The molecule has 6 heteroatoms. The predicted molar refractivity (Wildman–Crippen MR) is 86.6 cm³/mol. The molecule has 22 heavy (non-hydrogen) atoms. The van der Waals surface area contributed by atoms with Gasteiger partial charge in [-0.2, -0.15) is 0 Å². The molecule has 0 heterocycles. The zero-order chi connectivity index (χ0) is 16.1. The van der Waals surface area contributed by atoms with E-state index in [1.807, 2.05) is 6.92 Å². The monoisotopic (exact) mass is 341 g/mol. The van der Waals surface area contributed by atoms with E-state index >= 15 is 0 Å². The van der Waals surface area contributed by atoms with Gasteiger partial charge in [-0.15, -0.1) is 0 Å². The van der Waals surface area contributed by atoms with Crippen LogP contribution < -0.4 is 10.1 Å². The Kier molecular flexibility index (Phi) is 5.63. The van der Waals surface area contributed by atoms with E-state index in [1.54, 1.807) is 0 Å². The Balaban J connectivity index is 2.18. The van der Waals surface area contributed by atoms with Crippen LogP contribution in [-0.4, -0.2) is 12.5 Å². The fourth-order valence-corrected chi connectivity index (χ4v) is 2.37. The second-order valence-electron chi connectivity index (χ2n) is 4.58. The van der Waals surface area contributed by atoms with Crippen molar-refractivity contribution in [3.05, 3.63) is 57.8 Å². The van der Waals surface area contributed by atoms with Crippen LogP contribution in [0.4, 0.5) is 10.1 Å². The average molecular weight is 342 g/mol. The lowest BCUT2D eigenvalue weighted by atomic mass is 10.2. The number of hydrogen-bond acceptors (Lipinski definition) is 2. The summed E-state index contributed by atoms with van der Waals surface area (Å²) in [7, 11) is 0. The Labute approximate surface area is 138 Å². The van der Waals surface area contributed by atoms with Gasteiger partial charge in [0, 0.05) is 11.3 Å². The minimum absolute atomic E-state index is 0.269. The third kappa shape index (κ3) is 4.12. The Morgan fingerprint density at radius 1 is 1.18 bits per heavy atom.